The summed E-state index contributed by atoms with van der Waals surface area (Å²) in [6, 6.07) is 0. The second kappa shape index (κ2) is 14.0. The van der Waals surface area contributed by atoms with E-state index in [4.69, 9.17) is 14.2 Å². The lowest BCUT2D eigenvalue weighted by atomic mass is 9.84. The third-order valence-corrected chi connectivity index (χ3v) is 8.28. The van der Waals surface area contributed by atoms with Crippen LogP contribution in [-0.4, -0.2) is 70.6 Å². The van der Waals surface area contributed by atoms with Crippen molar-refractivity contribution >= 4 is 5.97 Å². The molecule has 2 rings (SSSR count). The van der Waals surface area contributed by atoms with E-state index in [9.17, 15) is 20.1 Å². The van der Waals surface area contributed by atoms with Crippen molar-refractivity contribution in [2.45, 2.75) is 116 Å². The molecule has 0 aliphatic carbocycles. The summed E-state index contributed by atoms with van der Waals surface area (Å²) in [5.41, 5.74) is -0.113. The fourth-order valence-electron chi connectivity index (χ4n) is 5.12. The van der Waals surface area contributed by atoms with Crippen LogP contribution in [0.2, 0.25) is 0 Å². The molecule has 3 N–H and O–H groups in total. The molecule has 0 unspecified atom stereocenters. The van der Waals surface area contributed by atoms with Crippen molar-refractivity contribution in [3.8, 4) is 0 Å². The Balaban J connectivity index is 2.09. The molecule has 1 saturated heterocycles. The van der Waals surface area contributed by atoms with Crippen LogP contribution in [0, 0.1) is 23.7 Å². The zero-order chi connectivity index (χ0) is 27.9. The Bertz CT molecular complexity index is 813. The normalized spacial score (nSPS) is 38.1. The molecule has 0 saturated carbocycles. The quantitative estimate of drug-likeness (QED) is 0.179. The Morgan fingerprint density at radius 3 is 2.57 bits per heavy atom. The number of allylic oxidation sites excluding steroid dienone is 2. The maximum atomic E-state index is 12.6. The van der Waals surface area contributed by atoms with Crippen molar-refractivity contribution in [3.63, 3.8) is 0 Å². The second-order valence-corrected chi connectivity index (χ2v) is 11.4. The second-order valence-electron chi connectivity index (χ2n) is 11.4. The van der Waals surface area contributed by atoms with E-state index in [0.717, 1.165) is 12.0 Å². The van der Waals surface area contributed by atoms with E-state index in [0.29, 0.717) is 12.8 Å². The number of ether oxygens (including phenoxy) is 3. The van der Waals surface area contributed by atoms with Gasteiger partial charge in [0.1, 0.15) is 12.2 Å². The number of rotatable bonds is 9. The van der Waals surface area contributed by atoms with E-state index in [1.807, 2.05) is 58.1 Å². The fourth-order valence-corrected chi connectivity index (χ4v) is 5.12. The van der Waals surface area contributed by atoms with E-state index in [2.05, 4.69) is 13.8 Å². The first-order valence-electron chi connectivity index (χ1n) is 13.8. The molecule has 0 aromatic rings. The van der Waals surface area contributed by atoms with Gasteiger partial charge in [-0.25, -0.2) is 0 Å². The van der Waals surface area contributed by atoms with E-state index in [-0.39, 0.29) is 48.4 Å². The Morgan fingerprint density at radius 1 is 1.27 bits per heavy atom. The van der Waals surface area contributed by atoms with Gasteiger partial charge in [0.2, 0.25) is 0 Å². The van der Waals surface area contributed by atoms with E-state index in [1.165, 1.54) is 0 Å². The monoisotopic (exact) mass is 522 g/mol. The highest BCUT2D eigenvalue weighted by atomic mass is 16.6. The minimum absolute atomic E-state index is 0.00480. The van der Waals surface area contributed by atoms with Gasteiger partial charge < -0.3 is 29.5 Å². The number of hydrogen-bond acceptors (Lipinski definition) is 7. The number of aliphatic hydroxyl groups is 3. The van der Waals surface area contributed by atoms with Gasteiger partial charge in [0.25, 0.3) is 0 Å². The highest BCUT2D eigenvalue weighted by Gasteiger charge is 2.50. The minimum atomic E-state index is -0.969. The van der Waals surface area contributed by atoms with Crippen LogP contribution < -0.4 is 0 Å². The number of esters is 1. The molecule has 0 bridgehead atoms. The van der Waals surface area contributed by atoms with Crippen LogP contribution in [-0.2, 0) is 19.0 Å². The summed E-state index contributed by atoms with van der Waals surface area (Å²) < 4.78 is 17.1. The van der Waals surface area contributed by atoms with Crippen LogP contribution in [0.4, 0.5) is 0 Å². The van der Waals surface area contributed by atoms with Gasteiger partial charge in [-0.15, -0.1) is 0 Å². The van der Waals surface area contributed by atoms with Crippen molar-refractivity contribution in [1.82, 2.24) is 0 Å². The van der Waals surface area contributed by atoms with Gasteiger partial charge in [-0.3, -0.25) is 4.79 Å². The lowest BCUT2D eigenvalue weighted by Crippen LogP contribution is -2.34. The SMILES string of the molecule is CC[C@H](OC)[C@@H](C)[C@@H]1O[C@H]1[C@@H](O)[C@H](C)/C=C/C=C(\C)[C@H]1OC(=O)C[C@H](O)CC[C@@](C)(O)[C@@H](C)/C=C/[C@@H]1C. The predicted molar refractivity (Wildman–Crippen MR) is 145 cm³/mol. The molecule has 212 valence electrons. The molecule has 11 atom stereocenters. The van der Waals surface area contributed by atoms with Gasteiger partial charge in [-0.2, -0.15) is 0 Å². The minimum Gasteiger partial charge on any atom is -0.457 e. The molecule has 7 nitrogen and oxygen atoms in total. The molecule has 2 aliphatic heterocycles. The molecule has 0 aromatic carbocycles. The zero-order valence-corrected chi connectivity index (χ0v) is 24.0. The molecule has 2 heterocycles. The lowest BCUT2D eigenvalue weighted by molar-refractivity contribution is -0.151. The fraction of sp³-hybridized carbons (Fsp3) is 0.767. The van der Waals surface area contributed by atoms with E-state index in [1.54, 1.807) is 14.0 Å². The lowest BCUT2D eigenvalue weighted by Gasteiger charge is -2.31. The summed E-state index contributed by atoms with van der Waals surface area (Å²) in [6.07, 6.45) is 9.11. The highest BCUT2D eigenvalue weighted by molar-refractivity contribution is 5.70. The van der Waals surface area contributed by atoms with E-state index < -0.39 is 29.9 Å². The molecular weight excluding hydrogens is 472 g/mol. The van der Waals surface area contributed by atoms with Crippen molar-refractivity contribution < 1.29 is 34.3 Å². The van der Waals surface area contributed by atoms with E-state index >= 15 is 0 Å². The van der Waals surface area contributed by atoms with Gasteiger partial charge in [0.15, 0.2) is 0 Å². The number of cyclic esters (lactones) is 1. The smallest absolute Gasteiger partial charge is 0.309 e. The van der Waals surface area contributed by atoms with Crippen molar-refractivity contribution in [2.24, 2.45) is 23.7 Å². The van der Waals surface area contributed by atoms with Gasteiger partial charge in [-0.1, -0.05) is 65.0 Å². The highest BCUT2D eigenvalue weighted by Crippen LogP contribution is 2.37. The Kier molecular flexibility index (Phi) is 12.0. The maximum absolute atomic E-state index is 12.6. The summed E-state index contributed by atoms with van der Waals surface area (Å²) in [5, 5.41) is 31.9. The topological polar surface area (TPSA) is 109 Å². The maximum Gasteiger partial charge on any atom is 0.309 e. The molecule has 1 fully saturated rings. The molecule has 0 radical (unpaired) electrons. The number of methoxy groups -OCH3 is 1. The summed E-state index contributed by atoms with van der Waals surface area (Å²) in [5.74, 6) is -0.608. The first-order valence-corrected chi connectivity index (χ1v) is 13.8. The Hall–Kier alpha value is -1.51. The van der Waals surface area contributed by atoms with Gasteiger partial charge in [0, 0.05) is 30.8 Å². The number of epoxide rings is 1. The van der Waals surface area contributed by atoms with Crippen LogP contribution in [0.25, 0.3) is 0 Å². The molecule has 0 amide bonds. The molecule has 7 heteroatoms. The summed E-state index contributed by atoms with van der Waals surface area (Å²) in [7, 11) is 1.71. The number of carbonyl (C=O) groups excluding carboxylic acids is 1. The number of aliphatic hydroxyl groups excluding tert-OH is 2. The zero-order valence-electron chi connectivity index (χ0n) is 24.0. The standard InChI is InChI=1S/C30H50O7/c1-9-24(35-8)22(6)28-29(37-28)26(33)18(2)11-10-12-19(3)27-20(4)13-14-21(5)30(7,34)16-15-23(31)17-25(32)36-27/h10-14,18,20-24,26-29,31,33-34H,9,15-17H2,1-8H3/b11-10+,14-13+,19-12+/t18-,20+,21+,22-,23-,24+,26+,27-,28+,29+,30-/m1/s1. The summed E-state index contributed by atoms with van der Waals surface area (Å²) in [6.45, 7) is 13.7. The number of carbonyl (C=O) groups is 1. The molecular formula is C30H50O7. The van der Waals surface area contributed by atoms with Crippen molar-refractivity contribution in [1.29, 1.82) is 0 Å². The Labute approximate surface area is 223 Å². The Morgan fingerprint density at radius 2 is 1.95 bits per heavy atom. The predicted octanol–water partition coefficient (Wildman–Crippen LogP) is 4.35. The van der Waals surface area contributed by atoms with Gasteiger partial charge in [0.05, 0.1) is 36.4 Å². The third-order valence-electron chi connectivity index (χ3n) is 8.28. The van der Waals surface area contributed by atoms with Crippen LogP contribution >= 0.6 is 0 Å². The third kappa shape index (κ3) is 9.03. The van der Waals surface area contributed by atoms with Gasteiger partial charge >= 0.3 is 5.97 Å². The average molecular weight is 523 g/mol. The first kappa shape index (κ1) is 31.7. The average Bonchev–Trinajstić information content (AvgIpc) is 3.64. The summed E-state index contributed by atoms with van der Waals surface area (Å²) in [4.78, 5) is 12.6. The molecule has 2 aliphatic rings. The molecule has 0 aromatic heterocycles. The molecule has 0 spiro atoms. The first-order chi connectivity index (χ1) is 17.3. The van der Waals surface area contributed by atoms with Crippen LogP contribution in [0.1, 0.15) is 74.1 Å². The van der Waals surface area contributed by atoms with Gasteiger partial charge in [-0.05, 0) is 38.7 Å². The summed E-state index contributed by atoms with van der Waals surface area (Å²) >= 11 is 0. The van der Waals surface area contributed by atoms with Crippen LogP contribution in [0.3, 0.4) is 0 Å². The number of hydrogen-bond donors (Lipinski definition) is 3. The van der Waals surface area contributed by atoms with Crippen molar-refractivity contribution in [2.75, 3.05) is 7.11 Å². The van der Waals surface area contributed by atoms with Crippen molar-refractivity contribution in [3.05, 3.63) is 36.0 Å². The largest absolute Gasteiger partial charge is 0.457 e. The van der Waals surface area contributed by atoms with Crippen LogP contribution in [0.15, 0.2) is 36.0 Å². The van der Waals surface area contributed by atoms with Crippen LogP contribution in [0.5, 0.6) is 0 Å². The molecule has 37 heavy (non-hydrogen) atoms.